The lowest BCUT2D eigenvalue weighted by Gasteiger charge is -2.16. The number of methoxy groups -OCH3 is 1. The zero-order chi connectivity index (χ0) is 19.8. The second-order valence-corrected chi connectivity index (χ2v) is 7.06. The van der Waals surface area contributed by atoms with Gasteiger partial charge in [0, 0.05) is 23.9 Å². The van der Waals surface area contributed by atoms with Crippen LogP contribution in [0.5, 0.6) is 5.75 Å². The van der Waals surface area contributed by atoms with Crippen molar-refractivity contribution in [3.63, 3.8) is 0 Å². The van der Waals surface area contributed by atoms with Gasteiger partial charge in [-0.15, -0.1) is 0 Å². The number of rotatable bonds is 10. The van der Waals surface area contributed by atoms with Gasteiger partial charge in [0.05, 0.1) is 18.9 Å². The molecule has 2 aromatic rings. The van der Waals surface area contributed by atoms with Crippen molar-refractivity contribution in [3.05, 3.63) is 36.0 Å². The molecule has 27 heavy (non-hydrogen) atoms. The molecule has 0 saturated carbocycles. The fraction of sp³-hybridized carbons (Fsp3) is 0.524. The van der Waals surface area contributed by atoms with E-state index < -0.39 is 0 Å². The maximum atomic E-state index is 11.6. The van der Waals surface area contributed by atoms with Crippen LogP contribution in [0.3, 0.4) is 0 Å². The van der Waals surface area contributed by atoms with E-state index in [0.717, 1.165) is 48.5 Å². The van der Waals surface area contributed by atoms with Crippen molar-refractivity contribution in [2.24, 2.45) is 0 Å². The Labute approximate surface area is 162 Å². The summed E-state index contributed by atoms with van der Waals surface area (Å²) >= 11 is 0. The molecule has 0 fully saturated rings. The lowest BCUT2D eigenvalue weighted by molar-refractivity contribution is -0.141. The number of hydrogen-bond acceptors (Lipinski definition) is 5. The van der Waals surface area contributed by atoms with Crippen molar-refractivity contribution in [1.29, 1.82) is 0 Å². The summed E-state index contributed by atoms with van der Waals surface area (Å²) in [5, 5.41) is 4.64. The Morgan fingerprint density at radius 3 is 2.56 bits per heavy atom. The molecule has 0 aliphatic heterocycles. The number of esters is 1. The minimum Gasteiger partial charge on any atom is -0.491 e. The van der Waals surface area contributed by atoms with Crippen LogP contribution in [-0.2, 0) is 22.6 Å². The number of benzene rings is 1. The van der Waals surface area contributed by atoms with E-state index in [-0.39, 0.29) is 18.6 Å². The Balaban J connectivity index is 2.26. The SMILES string of the molecule is CCCCN(C)Cc1cn(CC(=O)OC)nc1-c1ccc(OC(C)C)cc1. The van der Waals surface area contributed by atoms with E-state index in [9.17, 15) is 4.79 Å². The van der Waals surface area contributed by atoms with Gasteiger partial charge in [-0.25, -0.2) is 0 Å². The molecule has 1 aromatic heterocycles. The molecule has 1 heterocycles. The van der Waals surface area contributed by atoms with Gasteiger partial charge in [-0.2, -0.15) is 5.10 Å². The number of nitrogens with zero attached hydrogens (tertiary/aromatic N) is 3. The molecular formula is C21H31N3O3. The Bertz CT molecular complexity index is 723. The van der Waals surface area contributed by atoms with Gasteiger partial charge < -0.3 is 14.4 Å². The molecule has 0 atom stereocenters. The standard InChI is InChI=1S/C21H31N3O3/c1-6-7-12-23(4)13-18-14-24(15-20(25)26-5)22-21(18)17-8-10-19(11-9-17)27-16(2)3/h8-11,14,16H,6-7,12-13,15H2,1-5H3. The van der Waals surface area contributed by atoms with E-state index in [4.69, 9.17) is 9.47 Å². The van der Waals surface area contributed by atoms with Crippen LogP contribution in [0.4, 0.5) is 0 Å². The predicted molar refractivity (Wildman–Crippen MR) is 107 cm³/mol. The summed E-state index contributed by atoms with van der Waals surface area (Å²) in [4.78, 5) is 13.9. The second-order valence-electron chi connectivity index (χ2n) is 7.06. The van der Waals surface area contributed by atoms with Crippen LogP contribution in [0.15, 0.2) is 30.5 Å². The zero-order valence-corrected chi connectivity index (χ0v) is 17.1. The molecule has 148 valence electrons. The number of hydrogen-bond donors (Lipinski definition) is 0. The largest absolute Gasteiger partial charge is 0.491 e. The van der Waals surface area contributed by atoms with E-state index in [1.54, 1.807) is 4.68 Å². The van der Waals surface area contributed by atoms with Crippen LogP contribution in [0.1, 0.15) is 39.2 Å². The average Bonchev–Trinajstić information content (AvgIpc) is 3.02. The van der Waals surface area contributed by atoms with E-state index in [1.807, 2.05) is 44.3 Å². The first-order valence-electron chi connectivity index (χ1n) is 9.51. The fourth-order valence-electron chi connectivity index (χ4n) is 2.86. The lowest BCUT2D eigenvalue weighted by atomic mass is 10.1. The third-order valence-corrected chi connectivity index (χ3v) is 4.19. The highest BCUT2D eigenvalue weighted by Crippen LogP contribution is 2.26. The smallest absolute Gasteiger partial charge is 0.327 e. The van der Waals surface area contributed by atoms with Crippen LogP contribution < -0.4 is 4.74 Å². The molecule has 0 bridgehead atoms. The van der Waals surface area contributed by atoms with Gasteiger partial charge in [0.25, 0.3) is 0 Å². The van der Waals surface area contributed by atoms with Gasteiger partial charge in [0.1, 0.15) is 12.3 Å². The van der Waals surface area contributed by atoms with Crippen LogP contribution in [-0.4, -0.2) is 47.5 Å². The van der Waals surface area contributed by atoms with Gasteiger partial charge in [0.2, 0.25) is 0 Å². The predicted octanol–water partition coefficient (Wildman–Crippen LogP) is 3.74. The topological polar surface area (TPSA) is 56.6 Å². The molecule has 6 heteroatoms. The van der Waals surface area contributed by atoms with Crippen molar-refractivity contribution in [2.75, 3.05) is 20.7 Å². The third-order valence-electron chi connectivity index (χ3n) is 4.19. The number of carbonyl (C=O) groups is 1. The molecule has 0 spiro atoms. The summed E-state index contributed by atoms with van der Waals surface area (Å²) in [6, 6.07) is 7.94. The maximum absolute atomic E-state index is 11.6. The molecule has 0 radical (unpaired) electrons. The molecule has 0 aliphatic carbocycles. The number of ether oxygens (including phenoxy) is 2. The van der Waals surface area contributed by atoms with Crippen molar-refractivity contribution in [2.45, 2.75) is 52.8 Å². The molecule has 0 unspecified atom stereocenters. The summed E-state index contributed by atoms with van der Waals surface area (Å²) in [6.07, 6.45) is 4.39. The summed E-state index contributed by atoms with van der Waals surface area (Å²) < 4.78 is 12.1. The molecular weight excluding hydrogens is 342 g/mol. The molecule has 2 rings (SSSR count). The molecule has 0 aliphatic rings. The first kappa shape index (κ1) is 21.0. The van der Waals surface area contributed by atoms with Crippen LogP contribution in [0.25, 0.3) is 11.3 Å². The molecule has 0 amide bonds. The second kappa shape index (κ2) is 10.1. The van der Waals surface area contributed by atoms with Crippen LogP contribution in [0, 0.1) is 0 Å². The van der Waals surface area contributed by atoms with Gasteiger partial charge in [-0.3, -0.25) is 9.48 Å². The number of aromatic nitrogens is 2. The third kappa shape index (κ3) is 6.40. The van der Waals surface area contributed by atoms with Crippen LogP contribution >= 0.6 is 0 Å². The first-order chi connectivity index (χ1) is 12.9. The van der Waals surface area contributed by atoms with Gasteiger partial charge in [-0.1, -0.05) is 13.3 Å². The highest BCUT2D eigenvalue weighted by atomic mass is 16.5. The quantitative estimate of drug-likeness (QED) is 0.594. The molecule has 0 saturated heterocycles. The Kier molecular flexibility index (Phi) is 7.85. The number of unbranched alkanes of at least 4 members (excludes halogenated alkanes) is 1. The van der Waals surface area contributed by atoms with Crippen LogP contribution in [0.2, 0.25) is 0 Å². The Hall–Kier alpha value is -2.34. The van der Waals surface area contributed by atoms with Crippen molar-refractivity contribution < 1.29 is 14.3 Å². The summed E-state index contributed by atoms with van der Waals surface area (Å²) in [5.41, 5.74) is 2.99. The van der Waals surface area contributed by atoms with E-state index >= 15 is 0 Å². The summed E-state index contributed by atoms with van der Waals surface area (Å²) in [7, 11) is 3.50. The van der Waals surface area contributed by atoms with Gasteiger partial charge >= 0.3 is 5.97 Å². The van der Waals surface area contributed by atoms with Crippen molar-refractivity contribution in [1.82, 2.24) is 14.7 Å². The van der Waals surface area contributed by atoms with Crippen molar-refractivity contribution >= 4 is 5.97 Å². The first-order valence-corrected chi connectivity index (χ1v) is 9.51. The van der Waals surface area contributed by atoms with E-state index in [1.165, 1.54) is 7.11 Å². The Morgan fingerprint density at radius 2 is 1.96 bits per heavy atom. The average molecular weight is 373 g/mol. The summed E-state index contributed by atoms with van der Waals surface area (Å²) in [5.74, 6) is 0.528. The highest BCUT2D eigenvalue weighted by Gasteiger charge is 2.15. The minimum atomic E-state index is -0.310. The normalized spacial score (nSPS) is 11.2. The number of carbonyl (C=O) groups excluding carboxylic acids is 1. The maximum Gasteiger partial charge on any atom is 0.327 e. The molecule has 1 aromatic carbocycles. The Morgan fingerprint density at radius 1 is 1.26 bits per heavy atom. The highest BCUT2D eigenvalue weighted by molar-refractivity contribution is 5.69. The zero-order valence-electron chi connectivity index (χ0n) is 17.1. The minimum absolute atomic E-state index is 0.108. The van der Waals surface area contributed by atoms with E-state index in [0.29, 0.717) is 0 Å². The van der Waals surface area contributed by atoms with Crippen molar-refractivity contribution in [3.8, 4) is 17.0 Å². The van der Waals surface area contributed by atoms with Gasteiger partial charge in [0.15, 0.2) is 0 Å². The molecule has 6 nitrogen and oxygen atoms in total. The summed E-state index contributed by atoms with van der Waals surface area (Å²) in [6.45, 7) is 8.12. The lowest BCUT2D eigenvalue weighted by Crippen LogP contribution is -2.19. The van der Waals surface area contributed by atoms with E-state index in [2.05, 4.69) is 24.0 Å². The van der Waals surface area contributed by atoms with Gasteiger partial charge in [-0.05, 0) is 58.1 Å². The fourth-order valence-corrected chi connectivity index (χ4v) is 2.86. The molecule has 0 N–H and O–H groups in total. The monoisotopic (exact) mass is 373 g/mol.